The van der Waals surface area contributed by atoms with Crippen molar-refractivity contribution in [1.29, 1.82) is 5.41 Å². The van der Waals surface area contributed by atoms with Crippen molar-refractivity contribution in [1.82, 2.24) is 15.0 Å². The fourth-order valence-corrected chi connectivity index (χ4v) is 3.01. The minimum atomic E-state index is -0.606. The summed E-state index contributed by atoms with van der Waals surface area (Å²) in [5.41, 5.74) is 0.575. The Morgan fingerprint density at radius 1 is 1.19 bits per heavy atom. The van der Waals surface area contributed by atoms with Crippen LogP contribution in [0.3, 0.4) is 0 Å². The van der Waals surface area contributed by atoms with E-state index in [0.717, 1.165) is 0 Å². The fourth-order valence-electron chi connectivity index (χ4n) is 2.53. The summed E-state index contributed by atoms with van der Waals surface area (Å²) in [4.78, 5) is 30.5. The molecule has 3 rings (SSSR count). The van der Waals surface area contributed by atoms with Gasteiger partial charge in [0.1, 0.15) is 6.04 Å². The third kappa shape index (κ3) is 3.19. The van der Waals surface area contributed by atoms with Crippen LogP contribution in [0.25, 0.3) is 0 Å². The molecule has 8 nitrogen and oxygen atoms in total. The second-order valence-corrected chi connectivity index (χ2v) is 7.05. The van der Waals surface area contributed by atoms with Crippen LogP contribution in [0, 0.1) is 5.41 Å². The van der Waals surface area contributed by atoms with E-state index in [1.165, 1.54) is 21.6 Å². The zero-order valence-corrected chi connectivity index (χ0v) is 16.3. The van der Waals surface area contributed by atoms with Gasteiger partial charge in [-0.2, -0.15) is 15.0 Å². The monoisotopic (exact) mass is 391 g/mol. The Morgan fingerprint density at radius 2 is 1.85 bits per heavy atom. The molecule has 10 heteroatoms. The lowest BCUT2D eigenvalue weighted by molar-refractivity contribution is -0.117. The largest absolute Gasteiger partial charge is 0.347 e. The molecule has 0 saturated carbocycles. The van der Waals surface area contributed by atoms with Crippen molar-refractivity contribution in [3.8, 4) is 0 Å². The molecule has 2 heterocycles. The SMILES string of the molecule is CSc1nc(N(C)C)nc(N2C(=N)N(c3ccc(Cl)cc3)C(=O)[C@H]2C)n1. The highest BCUT2D eigenvalue weighted by molar-refractivity contribution is 7.98. The lowest BCUT2D eigenvalue weighted by atomic mass is 10.2. The lowest BCUT2D eigenvalue weighted by Gasteiger charge is -2.21. The van der Waals surface area contributed by atoms with Crippen molar-refractivity contribution in [2.45, 2.75) is 18.1 Å². The van der Waals surface area contributed by atoms with Crippen molar-refractivity contribution in [3.63, 3.8) is 0 Å². The summed E-state index contributed by atoms with van der Waals surface area (Å²) >= 11 is 7.30. The highest BCUT2D eigenvalue weighted by Gasteiger charge is 2.43. The molecular formula is C16H18ClN7OS. The first-order valence-corrected chi connectivity index (χ1v) is 9.38. The van der Waals surface area contributed by atoms with Gasteiger partial charge in [0.2, 0.25) is 17.9 Å². The summed E-state index contributed by atoms with van der Waals surface area (Å²) in [5, 5.41) is 9.62. The first kappa shape index (κ1) is 18.4. The van der Waals surface area contributed by atoms with Gasteiger partial charge in [0.15, 0.2) is 5.16 Å². The topological polar surface area (TPSA) is 89.3 Å². The van der Waals surface area contributed by atoms with Gasteiger partial charge in [-0.3, -0.25) is 15.1 Å². The van der Waals surface area contributed by atoms with Crippen molar-refractivity contribution in [2.75, 3.05) is 35.1 Å². The zero-order valence-electron chi connectivity index (χ0n) is 14.8. The average Bonchev–Trinajstić information content (AvgIpc) is 2.84. The summed E-state index contributed by atoms with van der Waals surface area (Å²) in [5.74, 6) is 0.509. The van der Waals surface area contributed by atoms with Crippen molar-refractivity contribution in [3.05, 3.63) is 29.3 Å². The number of nitrogens with zero attached hydrogens (tertiary/aromatic N) is 6. The molecule has 1 fully saturated rings. The Kier molecular flexibility index (Phi) is 5.01. The third-order valence-corrected chi connectivity index (χ3v) is 4.68. The Bertz CT molecular complexity index is 858. The van der Waals surface area contributed by atoms with Crippen LogP contribution in [0.4, 0.5) is 17.6 Å². The third-order valence-electron chi connectivity index (χ3n) is 3.88. The summed E-state index contributed by atoms with van der Waals surface area (Å²) in [6.07, 6.45) is 1.86. The molecule has 0 spiro atoms. The van der Waals surface area contributed by atoms with Crippen LogP contribution in [0.5, 0.6) is 0 Å². The molecule has 1 amide bonds. The number of hydrogen-bond acceptors (Lipinski definition) is 7. The lowest BCUT2D eigenvalue weighted by Crippen LogP contribution is -2.36. The molecule has 1 aromatic heterocycles. The molecule has 1 atom stereocenters. The van der Waals surface area contributed by atoms with Crippen LogP contribution in [0.2, 0.25) is 5.02 Å². The van der Waals surface area contributed by atoms with Crippen LogP contribution in [0.15, 0.2) is 29.4 Å². The number of amides is 1. The van der Waals surface area contributed by atoms with Crippen molar-refractivity contribution < 1.29 is 4.79 Å². The second kappa shape index (κ2) is 7.08. The number of thioether (sulfide) groups is 1. The van der Waals surface area contributed by atoms with Gasteiger partial charge in [-0.05, 0) is 37.4 Å². The number of benzene rings is 1. The molecule has 0 radical (unpaired) electrons. The Hall–Kier alpha value is -2.39. The molecule has 1 aliphatic rings. The van der Waals surface area contributed by atoms with E-state index in [1.807, 2.05) is 20.4 Å². The Labute approximate surface area is 160 Å². The van der Waals surface area contributed by atoms with Crippen molar-refractivity contribution in [2.24, 2.45) is 0 Å². The van der Waals surface area contributed by atoms with E-state index in [4.69, 9.17) is 17.0 Å². The number of halogens is 1. The van der Waals surface area contributed by atoms with E-state index in [9.17, 15) is 4.79 Å². The molecular weight excluding hydrogens is 374 g/mol. The summed E-state index contributed by atoms with van der Waals surface area (Å²) in [6.45, 7) is 1.73. The minimum absolute atomic E-state index is 0.00668. The maximum Gasteiger partial charge on any atom is 0.256 e. The van der Waals surface area contributed by atoms with Crippen LogP contribution < -0.4 is 14.7 Å². The number of rotatable bonds is 4. The average molecular weight is 392 g/mol. The van der Waals surface area contributed by atoms with Gasteiger partial charge in [-0.25, -0.2) is 4.90 Å². The predicted octanol–water partition coefficient (Wildman–Crippen LogP) is 2.49. The maximum atomic E-state index is 12.8. The van der Waals surface area contributed by atoms with Crippen molar-refractivity contribution >= 4 is 52.8 Å². The quantitative estimate of drug-likeness (QED) is 0.801. The van der Waals surface area contributed by atoms with E-state index in [1.54, 1.807) is 36.1 Å². The predicted molar refractivity (Wildman–Crippen MR) is 105 cm³/mol. The first-order valence-electron chi connectivity index (χ1n) is 7.78. The molecule has 1 aliphatic heterocycles. The normalized spacial score (nSPS) is 17.2. The Balaban J connectivity index is 2.03. The summed E-state index contributed by atoms with van der Waals surface area (Å²) in [6, 6.07) is 6.17. The number of guanidine groups is 1. The van der Waals surface area contributed by atoms with Crippen LogP contribution in [-0.4, -0.2) is 53.2 Å². The van der Waals surface area contributed by atoms with Gasteiger partial charge in [0, 0.05) is 19.1 Å². The standard InChI is InChI=1S/C16H18ClN7OS/c1-9-12(25)24(11-7-5-10(17)6-8-11)13(18)23(9)15-19-14(22(2)3)20-16(21-15)26-4/h5-9,18H,1-4H3/t9-/m1/s1. The molecule has 0 bridgehead atoms. The molecule has 1 N–H and O–H groups in total. The van der Waals surface area contributed by atoms with Crippen LogP contribution in [0.1, 0.15) is 6.92 Å². The number of nitrogens with one attached hydrogen (secondary N) is 1. The fraction of sp³-hybridized carbons (Fsp3) is 0.312. The molecule has 1 saturated heterocycles. The van der Waals surface area contributed by atoms with Gasteiger partial charge in [0.25, 0.3) is 5.91 Å². The highest BCUT2D eigenvalue weighted by atomic mass is 35.5. The smallest absolute Gasteiger partial charge is 0.256 e. The molecule has 136 valence electrons. The minimum Gasteiger partial charge on any atom is -0.347 e. The van der Waals surface area contributed by atoms with E-state index >= 15 is 0 Å². The Morgan fingerprint density at radius 3 is 2.42 bits per heavy atom. The molecule has 0 unspecified atom stereocenters. The van der Waals surface area contributed by atoms with Gasteiger partial charge < -0.3 is 4.90 Å². The zero-order chi connectivity index (χ0) is 19.0. The van der Waals surface area contributed by atoms with Gasteiger partial charge >= 0.3 is 0 Å². The molecule has 2 aromatic rings. The van der Waals surface area contributed by atoms with E-state index < -0.39 is 6.04 Å². The molecule has 26 heavy (non-hydrogen) atoms. The highest BCUT2D eigenvalue weighted by Crippen LogP contribution is 2.29. The van der Waals surface area contributed by atoms with E-state index in [2.05, 4.69) is 15.0 Å². The van der Waals surface area contributed by atoms with E-state index in [-0.39, 0.29) is 17.8 Å². The number of aromatic nitrogens is 3. The summed E-state index contributed by atoms with van der Waals surface area (Å²) in [7, 11) is 3.65. The van der Waals surface area contributed by atoms with E-state index in [0.29, 0.717) is 21.8 Å². The first-order chi connectivity index (χ1) is 12.3. The van der Waals surface area contributed by atoms with Gasteiger partial charge in [0.05, 0.1) is 5.69 Å². The maximum absolute atomic E-state index is 12.8. The summed E-state index contributed by atoms with van der Waals surface area (Å²) < 4.78 is 0. The second-order valence-electron chi connectivity index (χ2n) is 5.84. The number of hydrogen-bond donors (Lipinski definition) is 1. The van der Waals surface area contributed by atoms with Gasteiger partial charge in [-0.1, -0.05) is 23.4 Å². The molecule has 0 aliphatic carbocycles. The number of carbonyl (C=O) groups is 1. The van der Waals surface area contributed by atoms with Crippen LogP contribution >= 0.6 is 23.4 Å². The number of anilines is 3. The van der Waals surface area contributed by atoms with Crippen LogP contribution in [-0.2, 0) is 4.79 Å². The number of carbonyl (C=O) groups excluding carboxylic acids is 1. The molecule has 1 aromatic carbocycles. The van der Waals surface area contributed by atoms with Gasteiger partial charge in [-0.15, -0.1) is 0 Å².